The summed E-state index contributed by atoms with van der Waals surface area (Å²) in [5.74, 6) is 0. The third-order valence-electron chi connectivity index (χ3n) is 0.554. The molecule has 0 aliphatic carbocycles. The highest BCUT2D eigenvalue weighted by Crippen LogP contribution is 2.01. The van der Waals surface area contributed by atoms with Gasteiger partial charge in [0.15, 0.2) is 0 Å². The summed E-state index contributed by atoms with van der Waals surface area (Å²) >= 11 is 0. The summed E-state index contributed by atoms with van der Waals surface area (Å²) in [4.78, 5) is 4.10. The van der Waals surface area contributed by atoms with Crippen molar-refractivity contribution in [3.8, 4) is 0 Å². The second-order valence-corrected chi connectivity index (χ2v) is 2.38. The number of rotatable bonds is 0. The maximum Gasteiger partial charge on any atom is 0.428 e. The van der Waals surface area contributed by atoms with Crippen molar-refractivity contribution in [2.75, 3.05) is 13.2 Å². The van der Waals surface area contributed by atoms with E-state index in [4.69, 9.17) is 0 Å². The maximum absolute atomic E-state index is 10.2. The van der Waals surface area contributed by atoms with E-state index < -0.39 is 10.4 Å². The molecule has 1 heterocycles. The lowest BCUT2D eigenvalue weighted by Crippen LogP contribution is -2.06. The first-order valence-corrected chi connectivity index (χ1v) is 3.41. The van der Waals surface area contributed by atoms with Crippen molar-refractivity contribution in [1.29, 1.82) is 0 Å². The summed E-state index contributed by atoms with van der Waals surface area (Å²) in [5, 5.41) is 3.70. The topological polar surface area (TPSA) is 71.1 Å². The van der Waals surface area contributed by atoms with Gasteiger partial charge in [-0.15, -0.1) is 0 Å². The molecule has 6 nitrogen and oxygen atoms in total. The molecule has 0 aromatic rings. The van der Waals surface area contributed by atoms with Gasteiger partial charge in [-0.2, -0.15) is 8.42 Å². The molecule has 0 N–H and O–H groups in total. The molecule has 0 aromatic heterocycles. The molecule has 0 atom stereocenters. The first kappa shape index (κ1) is 6.90. The average Bonchev–Trinajstić information content (AvgIpc) is 1.92. The Labute approximate surface area is 51.5 Å². The van der Waals surface area contributed by atoms with Gasteiger partial charge in [0.1, 0.15) is 6.61 Å². The molecule has 9 heavy (non-hydrogen) atoms. The zero-order valence-electron chi connectivity index (χ0n) is 4.27. The first-order valence-electron chi connectivity index (χ1n) is 2.08. The van der Waals surface area contributed by atoms with Crippen LogP contribution in [0.15, 0.2) is 0 Å². The molecule has 1 saturated heterocycles. The second-order valence-electron chi connectivity index (χ2n) is 1.19. The van der Waals surface area contributed by atoms with Gasteiger partial charge >= 0.3 is 10.4 Å². The zero-order chi connectivity index (χ0) is 6.74. The Bertz CT molecular complexity index is 155. The summed E-state index contributed by atoms with van der Waals surface area (Å²) in [6, 6.07) is 0. The monoisotopic (exact) mass is 156 g/mol. The molecule has 54 valence electrons. The second kappa shape index (κ2) is 2.58. The van der Waals surface area contributed by atoms with E-state index in [-0.39, 0.29) is 13.2 Å². The molecular formula is C2H4O6S. The van der Waals surface area contributed by atoms with Crippen LogP contribution < -0.4 is 0 Å². The van der Waals surface area contributed by atoms with Crippen LogP contribution in [0.25, 0.3) is 0 Å². The highest BCUT2D eigenvalue weighted by molar-refractivity contribution is 7.81. The molecular weight excluding hydrogens is 152 g/mol. The van der Waals surface area contributed by atoms with E-state index in [1.807, 2.05) is 0 Å². The minimum Gasteiger partial charge on any atom is -0.244 e. The molecule has 7 heteroatoms. The quantitative estimate of drug-likeness (QED) is 0.425. The van der Waals surface area contributed by atoms with Gasteiger partial charge in [-0.1, -0.05) is 4.33 Å². The minimum atomic E-state index is -3.97. The van der Waals surface area contributed by atoms with Crippen molar-refractivity contribution in [1.82, 2.24) is 0 Å². The van der Waals surface area contributed by atoms with Crippen LogP contribution in [0.1, 0.15) is 0 Å². The van der Waals surface area contributed by atoms with Gasteiger partial charge in [-0.05, 0) is 5.04 Å². The molecule has 1 fully saturated rings. The fraction of sp³-hybridized carbons (Fsp3) is 1.00. The van der Waals surface area contributed by atoms with Crippen molar-refractivity contribution in [3.05, 3.63) is 0 Å². The number of hydrogen-bond acceptors (Lipinski definition) is 6. The van der Waals surface area contributed by atoms with E-state index in [1.165, 1.54) is 0 Å². The lowest BCUT2D eigenvalue weighted by Gasteiger charge is -1.91. The lowest BCUT2D eigenvalue weighted by molar-refractivity contribution is -0.460. The van der Waals surface area contributed by atoms with Gasteiger partial charge in [0, 0.05) is 0 Å². The maximum atomic E-state index is 10.2. The SMILES string of the molecule is O=S1(=O)OCCOOO1. The summed E-state index contributed by atoms with van der Waals surface area (Å²) in [7, 11) is -3.97. The van der Waals surface area contributed by atoms with Crippen LogP contribution in [-0.2, 0) is 28.8 Å². The van der Waals surface area contributed by atoms with Gasteiger partial charge in [-0.3, -0.25) is 0 Å². The highest BCUT2D eigenvalue weighted by atomic mass is 32.3. The zero-order valence-corrected chi connectivity index (χ0v) is 5.09. The van der Waals surface area contributed by atoms with Gasteiger partial charge < -0.3 is 0 Å². The lowest BCUT2D eigenvalue weighted by atomic mass is 10.8. The average molecular weight is 156 g/mol. The predicted molar refractivity (Wildman–Crippen MR) is 23.0 cm³/mol. The molecule has 0 saturated carbocycles. The fourth-order valence-corrected chi connectivity index (χ4v) is 0.696. The van der Waals surface area contributed by atoms with Crippen LogP contribution in [0.3, 0.4) is 0 Å². The van der Waals surface area contributed by atoms with E-state index in [0.29, 0.717) is 0 Å². The summed E-state index contributed by atoms with van der Waals surface area (Å²) in [6.45, 7) is -0.0679. The molecule has 0 aromatic carbocycles. The van der Waals surface area contributed by atoms with Crippen LogP contribution >= 0.6 is 0 Å². The van der Waals surface area contributed by atoms with E-state index >= 15 is 0 Å². The Kier molecular flexibility index (Phi) is 1.98. The molecule has 1 rings (SSSR count). The van der Waals surface area contributed by atoms with Crippen molar-refractivity contribution < 1.29 is 26.9 Å². The van der Waals surface area contributed by atoms with Gasteiger partial charge in [0.05, 0.1) is 6.61 Å². The Hall–Kier alpha value is -0.210. The van der Waals surface area contributed by atoms with Gasteiger partial charge in [0.25, 0.3) is 0 Å². The number of hydrogen-bond donors (Lipinski definition) is 0. The predicted octanol–water partition coefficient (Wildman–Crippen LogP) is -0.859. The molecule has 0 amide bonds. The van der Waals surface area contributed by atoms with Crippen molar-refractivity contribution in [3.63, 3.8) is 0 Å². The Morgan fingerprint density at radius 3 is 2.78 bits per heavy atom. The van der Waals surface area contributed by atoms with E-state index in [9.17, 15) is 8.42 Å². The Morgan fingerprint density at radius 1 is 1.22 bits per heavy atom. The molecule has 0 bridgehead atoms. The third kappa shape index (κ3) is 2.24. The molecule has 1 aliphatic rings. The summed E-state index contributed by atoms with van der Waals surface area (Å²) < 4.78 is 28.2. The smallest absolute Gasteiger partial charge is 0.244 e. The van der Waals surface area contributed by atoms with Crippen LogP contribution in [0.2, 0.25) is 0 Å². The Balaban J connectivity index is 2.56. The first-order chi connectivity index (χ1) is 4.21. The molecule has 0 radical (unpaired) electrons. The molecule has 1 aliphatic heterocycles. The highest BCUT2D eigenvalue weighted by Gasteiger charge is 2.17. The normalized spacial score (nSPS) is 27.1. The fourth-order valence-electron chi connectivity index (χ4n) is 0.277. The minimum absolute atomic E-state index is 0.0270. The molecule has 0 spiro atoms. The molecule has 0 unspecified atom stereocenters. The van der Waals surface area contributed by atoms with Crippen LogP contribution in [0.5, 0.6) is 0 Å². The van der Waals surface area contributed by atoms with Crippen molar-refractivity contribution >= 4 is 10.4 Å². The van der Waals surface area contributed by atoms with Crippen molar-refractivity contribution in [2.24, 2.45) is 0 Å². The van der Waals surface area contributed by atoms with E-state index in [0.717, 1.165) is 0 Å². The summed E-state index contributed by atoms with van der Waals surface area (Å²) in [5.41, 5.74) is 0. The standard InChI is InChI=1S/C2H4O6S/c3-9(4)6-2-1-5-7-8-9/h1-2H2. The van der Waals surface area contributed by atoms with Crippen LogP contribution in [0.4, 0.5) is 0 Å². The van der Waals surface area contributed by atoms with Crippen LogP contribution in [-0.4, -0.2) is 21.6 Å². The Morgan fingerprint density at radius 2 is 2.00 bits per heavy atom. The van der Waals surface area contributed by atoms with E-state index in [1.54, 1.807) is 0 Å². The van der Waals surface area contributed by atoms with Gasteiger partial charge in [0.2, 0.25) is 0 Å². The van der Waals surface area contributed by atoms with Crippen molar-refractivity contribution in [2.45, 2.75) is 0 Å². The summed E-state index contributed by atoms with van der Waals surface area (Å²) in [6.07, 6.45) is 0. The van der Waals surface area contributed by atoms with E-state index in [2.05, 4.69) is 18.4 Å². The van der Waals surface area contributed by atoms with Crippen LogP contribution in [0, 0.1) is 0 Å². The third-order valence-corrected chi connectivity index (χ3v) is 1.23. The largest absolute Gasteiger partial charge is 0.428 e. The van der Waals surface area contributed by atoms with Gasteiger partial charge in [-0.25, -0.2) is 9.07 Å².